The van der Waals surface area contributed by atoms with Crippen LogP contribution in [0.15, 0.2) is 18.2 Å². The van der Waals surface area contributed by atoms with Crippen molar-refractivity contribution in [2.75, 3.05) is 11.9 Å². The number of benzene rings is 1. The van der Waals surface area contributed by atoms with Gasteiger partial charge in [0, 0.05) is 5.69 Å². The smallest absolute Gasteiger partial charge is 0.327 e. The molecule has 1 heterocycles. The minimum absolute atomic E-state index is 0.416. The van der Waals surface area contributed by atoms with Crippen LogP contribution in [-0.2, 0) is 19.1 Å². The number of ether oxygens (including phenoxy) is 1. The number of hydrogen-bond acceptors (Lipinski definition) is 5. The monoisotopic (exact) mass is 417 g/mol. The summed E-state index contributed by atoms with van der Waals surface area (Å²) in [6.07, 6.45) is 1.38. The fraction of sp³-hybridized carbons (Fsp3) is 0.545. The van der Waals surface area contributed by atoms with Gasteiger partial charge in [0.05, 0.1) is 0 Å². The molecular formula is C22H31N3O5. The van der Waals surface area contributed by atoms with Crippen LogP contribution in [0.1, 0.15) is 57.6 Å². The predicted octanol–water partition coefficient (Wildman–Crippen LogP) is 3.06. The van der Waals surface area contributed by atoms with Crippen LogP contribution in [0, 0.1) is 13.8 Å². The van der Waals surface area contributed by atoms with Gasteiger partial charge in [-0.05, 0) is 44.7 Å². The van der Waals surface area contributed by atoms with Gasteiger partial charge in [-0.2, -0.15) is 0 Å². The number of amides is 4. The average molecular weight is 418 g/mol. The molecule has 1 aromatic rings. The van der Waals surface area contributed by atoms with Crippen LogP contribution in [0.4, 0.5) is 10.5 Å². The summed E-state index contributed by atoms with van der Waals surface area (Å²) in [6.45, 7) is 8.53. The molecule has 0 radical (unpaired) electrons. The molecule has 2 N–H and O–H groups in total. The van der Waals surface area contributed by atoms with Crippen molar-refractivity contribution in [3.63, 3.8) is 0 Å². The van der Waals surface area contributed by atoms with Crippen molar-refractivity contribution in [2.24, 2.45) is 0 Å². The highest BCUT2D eigenvalue weighted by molar-refractivity contribution is 6.08. The van der Waals surface area contributed by atoms with Gasteiger partial charge in [-0.15, -0.1) is 0 Å². The third kappa shape index (κ3) is 4.98. The summed E-state index contributed by atoms with van der Waals surface area (Å²) in [5.41, 5.74) is 1.49. The molecule has 8 heteroatoms. The summed E-state index contributed by atoms with van der Waals surface area (Å²) in [7, 11) is 0. The molecule has 1 aliphatic rings. The summed E-state index contributed by atoms with van der Waals surface area (Å²) in [4.78, 5) is 50.8. The molecule has 1 atom stereocenters. The quantitative estimate of drug-likeness (QED) is 0.475. The molecule has 0 spiro atoms. The Morgan fingerprint density at radius 2 is 1.70 bits per heavy atom. The molecule has 0 aromatic heterocycles. The van der Waals surface area contributed by atoms with Crippen molar-refractivity contribution >= 4 is 29.5 Å². The predicted molar refractivity (Wildman–Crippen MR) is 113 cm³/mol. The van der Waals surface area contributed by atoms with Crippen LogP contribution in [0.2, 0.25) is 0 Å². The van der Waals surface area contributed by atoms with Crippen molar-refractivity contribution < 1.29 is 23.9 Å². The van der Waals surface area contributed by atoms with Gasteiger partial charge in [-0.25, -0.2) is 4.79 Å². The number of imide groups is 1. The van der Waals surface area contributed by atoms with Gasteiger partial charge >= 0.3 is 12.0 Å². The summed E-state index contributed by atoms with van der Waals surface area (Å²) in [5, 5.41) is 5.51. The zero-order chi connectivity index (χ0) is 22.5. The Kier molecular flexibility index (Phi) is 7.59. The lowest BCUT2D eigenvalue weighted by Crippen LogP contribution is -2.47. The number of aryl methyl sites for hydroxylation is 2. The number of rotatable bonds is 9. The lowest BCUT2D eigenvalue weighted by Gasteiger charge is -2.25. The standard InChI is InChI=1S/C22H31N3O5/c1-6-11-22(12-7-2)20(28)25(21(29)24-22)13-17(26)30-16(5)19(27)23-18-14(3)9-8-10-15(18)4/h8-10,16H,6-7,11-13H2,1-5H3,(H,23,27)(H,24,29)/t16-/m1/s1. The van der Waals surface area contributed by atoms with Gasteiger partial charge in [0.25, 0.3) is 11.8 Å². The van der Waals surface area contributed by atoms with E-state index in [1.54, 1.807) is 0 Å². The number of carbonyl (C=O) groups excluding carboxylic acids is 4. The van der Waals surface area contributed by atoms with Gasteiger partial charge in [0.15, 0.2) is 6.10 Å². The summed E-state index contributed by atoms with van der Waals surface area (Å²) in [6, 6.07) is 5.02. The first-order valence-corrected chi connectivity index (χ1v) is 10.4. The number of nitrogens with one attached hydrogen (secondary N) is 2. The van der Waals surface area contributed by atoms with E-state index in [0.29, 0.717) is 18.5 Å². The maximum atomic E-state index is 12.8. The molecular weight excluding hydrogens is 386 g/mol. The highest BCUT2D eigenvalue weighted by Crippen LogP contribution is 2.28. The lowest BCUT2D eigenvalue weighted by atomic mass is 9.88. The second kappa shape index (κ2) is 9.73. The molecule has 164 valence electrons. The Morgan fingerprint density at radius 3 is 2.23 bits per heavy atom. The number of para-hydroxylation sites is 1. The molecule has 0 unspecified atom stereocenters. The molecule has 0 bridgehead atoms. The van der Waals surface area contributed by atoms with Crippen LogP contribution < -0.4 is 10.6 Å². The third-order valence-electron chi connectivity index (χ3n) is 5.29. The number of urea groups is 1. The molecule has 2 rings (SSSR count). The van der Waals surface area contributed by atoms with Crippen molar-refractivity contribution in [3.05, 3.63) is 29.3 Å². The van der Waals surface area contributed by atoms with Crippen LogP contribution in [0.25, 0.3) is 0 Å². The molecule has 4 amide bonds. The number of hydrogen-bond donors (Lipinski definition) is 2. The van der Waals surface area contributed by atoms with Gasteiger partial charge in [0.1, 0.15) is 12.1 Å². The molecule has 1 aliphatic heterocycles. The number of anilines is 1. The summed E-state index contributed by atoms with van der Waals surface area (Å²) < 4.78 is 5.19. The Morgan fingerprint density at radius 1 is 1.13 bits per heavy atom. The molecule has 1 aromatic carbocycles. The van der Waals surface area contributed by atoms with E-state index in [2.05, 4.69) is 10.6 Å². The highest BCUT2D eigenvalue weighted by Gasteiger charge is 2.50. The highest BCUT2D eigenvalue weighted by atomic mass is 16.5. The minimum atomic E-state index is -1.08. The zero-order valence-corrected chi connectivity index (χ0v) is 18.3. The van der Waals surface area contributed by atoms with Crippen molar-refractivity contribution in [2.45, 2.75) is 71.9 Å². The van der Waals surface area contributed by atoms with Crippen LogP contribution >= 0.6 is 0 Å². The number of carbonyl (C=O) groups is 4. The van der Waals surface area contributed by atoms with Crippen LogP contribution in [0.5, 0.6) is 0 Å². The fourth-order valence-electron chi connectivity index (χ4n) is 3.79. The first-order valence-electron chi connectivity index (χ1n) is 10.4. The second-order valence-corrected chi connectivity index (χ2v) is 7.79. The van der Waals surface area contributed by atoms with Gasteiger partial charge in [0.2, 0.25) is 0 Å². The number of nitrogens with zero attached hydrogens (tertiary/aromatic N) is 1. The number of esters is 1. The maximum absolute atomic E-state index is 12.8. The molecule has 30 heavy (non-hydrogen) atoms. The first-order chi connectivity index (χ1) is 14.1. The lowest BCUT2D eigenvalue weighted by molar-refractivity contribution is -0.155. The zero-order valence-electron chi connectivity index (χ0n) is 18.3. The van der Waals surface area contributed by atoms with E-state index in [0.717, 1.165) is 28.9 Å². The Bertz CT molecular complexity index is 810. The van der Waals surface area contributed by atoms with Gasteiger partial charge < -0.3 is 15.4 Å². The van der Waals surface area contributed by atoms with Crippen molar-refractivity contribution in [1.82, 2.24) is 10.2 Å². The van der Waals surface area contributed by atoms with E-state index >= 15 is 0 Å². The maximum Gasteiger partial charge on any atom is 0.327 e. The topological polar surface area (TPSA) is 105 Å². The second-order valence-electron chi connectivity index (χ2n) is 7.79. The summed E-state index contributed by atoms with van der Waals surface area (Å²) in [5.74, 6) is -1.71. The third-order valence-corrected chi connectivity index (χ3v) is 5.29. The van der Waals surface area contributed by atoms with Crippen molar-refractivity contribution in [1.29, 1.82) is 0 Å². The SMILES string of the molecule is CCCC1(CCC)NC(=O)N(CC(=O)O[C@H](C)C(=O)Nc2c(C)cccc2C)C1=O. The average Bonchev–Trinajstić information content (AvgIpc) is 2.89. The van der Waals surface area contributed by atoms with E-state index < -0.39 is 42.0 Å². The Labute approximate surface area is 177 Å². The van der Waals surface area contributed by atoms with Crippen LogP contribution in [-0.4, -0.2) is 46.9 Å². The van der Waals surface area contributed by atoms with E-state index in [1.807, 2.05) is 45.9 Å². The molecule has 8 nitrogen and oxygen atoms in total. The normalized spacial score (nSPS) is 16.2. The van der Waals surface area contributed by atoms with E-state index in [-0.39, 0.29) is 0 Å². The van der Waals surface area contributed by atoms with Gasteiger partial charge in [-0.3, -0.25) is 19.3 Å². The Balaban J connectivity index is 2.00. The minimum Gasteiger partial charge on any atom is -0.451 e. The Hall–Kier alpha value is -2.90. The molecule has 1 saturated heterocycles. The first kappa shape index (κ1) is 23.4. The van der Waals surface area contributed by atoms with E-state index in [4.69, 9.17) is 4.74 Å². The summed E-state index contributed by atoms with van der Waals surface area (Å²) >= 11 is 0. The molecule has 0 saturated carbocycles. The molecule has 1 fully saturated rings. The van der Waals surface area contributed by atoms with E-state index in [1.165, 1.54) is 6.92 Å². The van der Waals surface area contributed by atoms with Gasteiger partial charge in [-0.1, -0.05) is 44.9 Å². The largest absolute Gasteiger partial charge is 0.451 e. The van der Waals surface area contributed by atoms with E-state index in [9.17, 15) is 19.2 Å². The molecule has 0 aliphatic carbocycles. The fourth-order valence-corrected chi connectivity index (χ4v) is 3.79. The van der Waals surface area contributed by atoms with Crippen molar-refractivity contribution in [3.8, 4) is 0 Å². The van der Waals surface area contributed by atoms with Crippen LogP contribution in [0.3, 0.4) is 0 Å².